The Morgan fingerprint density at radius 1 is 0.690 bits per heavy atom. The summed E-state index contributed by atoms with van der Waals surface area (Å²) in [7, 11) is 0. The number of benzene rings is 1. The van der Waals surface area contributed by atoms with Crippen LogP contribution in [-0.2, 0) is 33.9 Å². The van der Waals surface area contributed by atoms with E-state index < -0.39 is 0 Å². The van der Waals surface area contributed by atoms with Crippen LogP contribution in [0.15, 0.2) is 54.6 Å². The van der Waals surface area contributed by atoms with Crippen LogP contribution in [-0.4, -0.2) is 9.97 Å². The summed E-state index contributed by atoms with van der Waals surface area (Å²) in [5.74, 6) is 0. The molecular formula is C26H34N2Pt. The molecule has 0 saturated carbocycles. The Morgan fingerprint density at radius 2 is 1.24 bits per heavy atom. The average Bonchev–Trinajstić information content (AvgIpc) is 2.79. The topological polar surface area (TPSA) is 25.8 Å². The first-order valence-electron chi connectivity index (χ1n) is 10.5. The molecule has 6 bridgehead atoms. The van der Waals surface area contributed by atoms with E-state index in [1.165, 1.54) is 5.56 Å². The molecule has 0 amide bonds. The van der Waals surface area contributed by atoms with Gasteiger partial charge >= 0.3 is 21.1 Å². The van der Waals surface area contributed by atoms with E-state index in [4.69, 9.17) is 9.97 Å². The van der Waals surface area contributed by atoms with Crippen LogP contribution in [0.4, 0.5) is 0 Å². The van der Waals surface area contributed by atoms with E-state index in [1.807, 2.05) is 65.8 Å². The summed E-state index contributed by atoms with van der Waals surface area (Å²) >= 11 is 0. The molecule has 1 aliphatic rings. The molecule has 3 heterocycles. The Morgan fingerprint density at radius 3 is 1.93 bits per heavy atom. The predicted molar refractivity (Wildman–Crippen MR) is 123 cm³/mol. The van der Waals surface area contributed by atoms with Gasteiger partial charge in [0.1, 0.15) is 0 Å². The first kappa shape index (κ1) is 27.1. The number of rotatable bonds is 0. The van der Waals surface area contributed by atoms with E-state index in [-0.39, 0.29) is 21.1 Å². The summed E-state index contributed by atoms with van der Waals surface area (Å²) in [6, 6.07) is 18.5. The molecule has 158 valence electrons. The largest absolute Gasteiger partial charge is 2.00 e. The van der Waals surface area contributed by atoms with Crippen molar-refractivity contribution in [3.63, 3.8) is 0 Å². The van der Waals surface area contributed by atoms with Crippen LogP contribution in [0.1, 0.15) is 58.4 Å². The predicted octanol–water partition coefficient (Wildman–Crippen LogP) is 7.37. The quantitative estimate of drug-likeness (QED) is 0.264. The molecule has 3 heteroatoms. The average molecular weight is 570 g/mol. The zero-order valence-corrected chi connectivity index (χ0v) is 20.9. The molecule has 0 atom stereocenters. The zero-order valence-electron chi connectivity index (χ0n) is 18.6. The van der Waals surface area contributed by atoms with Crippen molar-refractivity contribution in [2.24, 2.45) is 0 Å². The first-order valence-corrected chi connectivity index (χ1v) is 10.5. The summed E-state index contributed by atoms with van der Waals surface area (Å²) in [4.78, 5) is 9.53. The minimum absolute atomic E-state index is 0. The number of nitrogens with zero attached hydrogens (tertiary/aromatic N) is 2. The number of aromatic nitrogens is 2. The van der Waals surface area contributed by atoms with Gasteiger partial charge in [-0.05, 0) is 24.3 Å². The number of hydrogen-bond donors (Lipinski definition) is 0. The van der Waals surface area contributed by atoms with Gasteiger partial charge in [-0.15, -0.1) is 24.1 Å². The Bertz CT molecular complexity index is 844. The molecule has 0 fully saturated rings. The third-order valence-corrected chi connectivity index (χ3v) is 4.09. The molecule has 0 aliphatic carbocycles. The van der Waals surface area contributed by atoms with Crippen molar-refractivity contribution in [1.82, 2.24) is 9.97 Å². The van der Waals surface area contributed by atoms with Crippen LogP contribution >= 0.6 is 0 Å². The summed E-state index contributed by atoms with van der Waals surface area (Å²) in [6.07, 6.45) is 4.03. The standard InChI is InChI=1S/C20H16N2.3C2H6.Pt/c1-14-15-6-2-8-16-9-4-12-19(21-16)20-13-5-11-18(22-20)17(14)10-3-7-15;3*1-2;/h2-5,7,9-13H,1,6,8H2;3*1-2H3;/q-2;;;;+2. The van der Waals surface area contributed by atoms with Crippen LogP contribution < -0.4 is 0 Å². The van der Waals surface area contributed by atoms with Gasteiger partial charge < -0.3 is 6.42 Å². The van der Waals surface area contributed by atoms with E-state index in [0.29, 0.717) is 0 Å². The van der Waals surface area contributed by atoms with E-state index in [0.717, 1.165) is 46.7 Å². The molecule has 1 aromatic carbocycles. The fourth-order valence-electron chi connectivity index (χ4n) is 2.90. The summed E-state index contributed by atoms with van der Waals surface area (Å²) in [6.45, 7) is 16.3. The summed E-state index contributed by atoms with van der Waals surface area (Å²) in [5.41, 5.74) is 7.29. The number of hydrogen-bond acceptors (Lipinski definition) is 2. The Hall–Kier alpha value is -1.92. The van der Waals surface area contributed by atoms with E-state index in [2.05, 4.69) is 43.7 Å². The molecule has 3 aromatic rings. The number of pyridine rings is 2. The molecule has 2 nitrogen and oxygen atoms in total. The van der Waals surface area contributed by atoms with Gasteiger partial charge in [0.05, 0.1) is 11.4 Å². The van der Waals surface area contributed by atoms with E-state index in [9.17, 15) is 0 Å². The van der Waals surface area contributed by atoms with Crippen LogP contribution in [0.2, 0.25) is 0 Å². The van der Waals surface area contributed by atoms with Crippen LogP contribution in [0, 0.1) is 13.3 Å². The van der Waals surface area contributed by atoms with Gasteiger partial charge in [0.2, 0.25) is 0 Å². The molecular weight excluding hydrogens is 535 g/mol. The maximum Gasteiger partial charge on any atom is 2.00 e. The van der Waals surface area contributed by atoms with Crippen molar-refractivity contribution >= 4 is 0 Å². The van der Waals surface area contributed by atoms with Crippen molar-refractivity contribution in [1.29, 1.82) is 0 Å². The fourth-order valence-corrected chi connectivity index (χ4v) is 2.90. The Labute approximate surface area is 192 Å². The van der Waals surface area contributed by atoms with E-state index in [1.54, 1.807) is 0 Å². The van der Waals surface area contributed by atoms with Crippen molar-refractivity contribution in [2.75, 3.05) is 0 Å². The van der Waals surface area contributed by atoms with E-state index >= 15 is 0 Å². The van der Waals surface area contributed by atoms with Gasteiger partial charge in [-0.1, -0.05) is 59.7 Å². The third kappa shape index (κ3) is 7.12. The minimum atomic E-state index is 0. The molecule has 0 unspecified atom stereocenters. The van der Waals surface area contributed by atoms with Crippen molar-refractivity contribution in [2.45, 2.75) is 54.4 Å². The Kier molecular flexibility index (Phi) is 14.0. The maximum atomic E-state index is 4.80. The second-order valence-corrected chi connectivity index (χ2v) is 5.56. The molecule has 1 aliphatic heterocycles. The normalized spacial score (nSPS) is 10.6. The van der Waals surface area contributed by atoms with Gasteiger partial charge in [-0.25, -0.2) is 6.42 Å². The second kappa shape index (κ2) is 15.0. The van der Waals surface area contributed by atoms with Crippen LogP contribution in [0.25, 0.3) is 22.6 Å². The van der Waals surface area contributed by atoms with Crippen molar-refractivity contribution in [3.8, 4) is 22.6 Å². The van der Waals surface area contributed by atoms with Gasteiger partial charge in [-0.3, -0.25) is 9.97 Å². The van der Waals surface area contributed by atoms with Crippen molar-refractivity contribution in [3.05, 3.63) is 84.8 Å². The van der Waals surface area contributed by atoms with Crippen LogP contribution in [0.5, 0.6) is 0 Å². The second-order valence-electron chi connectivity index (χ2n) is 5.56. The fraction of sp³-hybridized carbons (Fsp3) is 0.308. The minimum Gasteiger partial charge on any atom is -0.330 e. The molecule has 29 heavy (non-hydrogen) atoms. The molecule has 4 rings (SSSR count). The SMILES string of the molecule is CC.CC.CC.[CH2-]c1c2cccc1-c1cccc(n1)-c1cccc(n1)C[CH-]C2.[Pt+2]. The maximum absolute atomic E-state index is 4.80. The monoisotopic (exact) mass is 569 g/mol. The molecule has 0 radical (unpaired) electrons. The molecule has 0 spiro atoms. The molecule has 0 saturated heterocycles. The Balaban J connectivity index is 0.00000103. The van der Waals surface area contributed by atoms with Gasteiger partial charge in [-0.2, -0.15) is 18.1 Å². The van der Waals surface area contributed by atoms with Crippen molar-refractivity contribution < 1.29 is 21.1 Å². The smallest absolute Gasteiger partial charge is 0.330 e. The van der Waals surface area contributed by atoms with Crippen LogP contribution in [0.3, 0.4) is 0 Å². The summed E-state index contributed by atoms with van der Waals surface area (Å²) in [5, 5.41) is 0. The van der Waals surface area contributed by atoms with Gasteiger partial charge in [0.15, 0.2) is 0 Å². The molecule has 0 N–H and O–H groups in total. The number of fused-ring (bicyclic) bond motifs is 8. The zero-order chi connectivity index (χ0) is 20.9. The van der Waals surface area contributed by atoms with Gasteiger partial charge in [0, 0.05) is 11.4 Å². The third-order valence-electron chi connectivity index (χ3n) is 4.09. The summed E-state index contributed by atoms with van der Waals surface area (Å²) < 4.78 is 0. The van der Waals surface area contributed by atoms with Gasteiger partial charge in [0.25, 0.3) is 0 Å². The first-order chi connectivity index (χ1) is 13.8. The molecule has 2 aromatic heterocycles.